The minimum absolute atomic E-state index is 0.498. The zero-order chi connectivity index (χ0) is 19.9. The van der Waals surface area contributed by atoms with Crippen LogP contribution < -0.4 is 14.8 Å². The molecule has 1 aliphatic heterocycles. The van der Waals surface area contributed by atoms with Crippen LogP contribution in [0.25, 0.3) is 0 Å². The molecule has 1 N–H and O–H groups in total. The second-order valence-electron chi connectivity index (χ2n) is 6.59. The second kappa shape index (κ2) is 9.91. The molecule has 1 aliphatic rings. The zero-order valence-corrected chi connectivity index (χ0v) is 17.7. The van der Waals surface area contributed by atoms with Crippen molar-refractivity contribution in [3.05, 3.63) is 47.2 Å². The summed E-state index contributed by atoms with van der Waals surface area (Å²) in [6.45, 7) is 4.69. The molecule has 0 bridgehead atoms. The number of halogens is 1. The van der Waals surface area contributed by atoms with Crippen molar-refractivity contribution in [3.63, 3.8) is 0 Å². The fraction of sp³-hybridized carbons (Fsp3) is 0.400. The minimum atomic E-state index is 0.498. The Bertz CT molecular complexity index is 806. The molecule has 6 nitrogen and oxygen atoms in total. The predicted molar refractivity (Wildman–Crippen MR) is 116 cm³/mol. The maximum atomic E-state index is 6.18. The lowest BCUT2D eigenvalue weighted by Crippen LogP contribution is -2.37. The van der Waals surface area contributed by atoms with Gasteiger partial charge in [0.15, 0.2) is 5.11 Å². The van der Waals surface area contributed by atoms with Crippen LogP contribution in [0, 0.1) is 0 Å². The number of nitrogens with zero attached hydrogens (tertiary/aromatic N) is 3. The van der Waals surface area contributed by atoms with Crippen molar-refractivity contribution in [2.24, 2.45) is 0 Å². The average Bonchev–Trinajstić information content (AvgIpc) is 2.95. The highest BCUT2D eigenvalue weighted by molar-refractivity contribution is 7.80. The SMILES string of the molecule is COc1cc(NC(=S)N2CCCN(Cc3ccncc3)CC2)c(OC)cc1Cl. The van der Waals surface area contributed by atoms with E-state index in [0.717, 1.165) is 44.8 Å². The Morgan fingerprint density at radius 3 is 2.57 bits per heavy atom. The number of methoxy groups -OCH3 is 2. The molecular formula is C20H25ClN4O2S. The molecule has 1 saturated heterocycles. The van der Waals surface area contributed by atoms with Gasteiger partial charge in [-0.05, 0) is 36.3 Å². The van der Waals surface area contributed by atoms with Crippen LogP contribution in [-0.4, -0.2) is 60.3 Å². The number of nitrogens with one attached hydrogen (secondary N) is 1. The first-order valence-electron chi connectivity index (χ1n) is 9.19. The molecule has 1 fully saturated rings. The molecule has 0 radical (unpaired) electrons. The second-order valence-corrected chi connectivity index (χ2v) is 7.38. The van der Waals surface area contributed by atoms with Crippen LogP contribution >= 0.6 is 23.8 Å². The van der Waals surface area contributed by atoms with Crippen molar-refractivity contribution in [1.82, 2.24) is 14.8 Å². The molecule has 8 heteroatoms. The average molecular weight is 421 g/mol. The number of thiocarbonyl (C=S) groups is 1. The van der Waals surface area contributed by atoms with E-state index in [1.165, 1.54) is 5.56 Å². The lowest BCUT2D eigenvalue weighted by atomic mass is 10.2. The molecule has 0 aliphatic carbocycles. The maximum Gasteiger partial charge on any atom is 0.173 e. The highest BCUT2D eigenvalue weighted by atomic mass is 35.5. The van der Waals surface area contributed by atoms with Gasteiger partial charge in [0.25, 0.3) is 0 Å². The number of hydrogen-bond donors (Lipinski definition) is 1. The first-order chi connectivity index (χ1) is 13.6. The molecule has 0 spiro atoms. The van der Waals surface area contributed by atoms with Crippen LogP contribution in [0.2, 0.25) is 5.02 Å². The Balaban J connectivity index is 1.62. The molecule has 28 heavy (non-hydrogen) atoms. The van der Waals surface area contributed by atoms with E-state index in [9.17, 15) is 0 Å². The third-order valence-electron chi connectivity index (χ3n) is 4.75. The largest absolute Gasteiger partial charge is 0.495 e. The number of rotatable bonds is 5. The first-order valence-corrected chi connectivity index (χ1v) is 9.98. The highest BCUT2D eigenvalue weighted by Gasteiger charge is 2.19. The Labute approximate surface area is 176 Å². The Hall–Kier alpha value is -2.09. The number of ether oxygens (including phenoxy) is 2. The van der Waals surface area contributed by atoms with Gasteiger partial charge in [0.2, 0.25) is 0 Å². The van der Waals surface area contributed by atoms with Gasteiger partial charge < -0.3 is 19.7 Å². The maximum absolute atomic E-state index is 6.18. The third kappa shape index (κ3) is 5.25. The lowest BCUT2D eigenvalue weighted by molar-refractivity contribution is 0.278. The van der Waals surface area contributed by atoms with Crippen LogP contribution in [-0.2, 0) is 6.54 Å². The molecule has 1 aromatic carbocycles. The van der Waals surface area contributed by atoms with E-state index in [-0.39, 0.29) is 0 Å². The highest BCUT2D eigenvalue weighted by Crippen LogP contribution is 2.36. The van der Waals surface area contributed by atoms with Crippen molar-refractivity contribution in [1.29, 1.82) is 0 Å². The van der Waals surface area contributed by atoms with E-state index in [1.807, 2.05) is 12.4 Å². The van der Waals surface area contributed by atoms with Gasteiger partial charge in [-0.1, -0.05) is 11.6 Å². The summed E-state index contributed by atoms with van der Waals surface area (Å²) in [6, 6.07) is 7.66. The van der Waals surface area contributed by atoms with Crippen LogP contribution in [0.1, 0.15) is 12.0 Å². The van der Waals surface area contributed by atoms with Gasteiger partial charge in [0.05, 0.1) is 24.9 Å². The molecule has 2 aromatic rings. The fourth-order valence-corrected chi connectivity index (χ4v) is 3.75. The van der Waals surface area contributed by atoms with E-state index >= 15 is 0 Å². The number of anilines is 1. The van der Waals surface area contributed by atoms with Crippen LogP contribution in [0.4, 0.5) is 5.69 Å². The van der Waals surface area contributed by atoms with E-state index in [0.29, 0.717) is 21.6 Å². The van der Waals surface area contributed by atoms with Crippen molar-refractivity contribution >= 4 is 34.6 Å². The number of pyridine rings is 1. The minimum Gasteiger partial charge on any atom is -0.495 e. The summed E-state index contributed by atoms with van der Waals surface area (Å²) in [4.78, 5) is 8.73. The van der Waals surface area contributed by atoms with Gasteiger partial charge in [-0.3, -0.25) is 9.88 Å². The van der Waals surface area contributed by atoms with Crippen LogP contribution in [0.15, 0.2) is 36.7 Å². The molecule has 0 unspecified atom stereocenters. The van der Waals surface area contributed by atoms with E-state index in [2.05, 4.69) is 32.2 Å². The van der Waals surface area contributed by atoms with E-state index in [1.54, 1.807) is 26.4 Å². The van der Waals surface area contributed by atoms with Crippen LogP contribution in [0.3, 0.4) is 0 Å². The van der Waals surface area contributed by atoms with E-state index < -0.39 is 0 Å². The Morgan fingerprint density at radius 2 is 1.86 bits per heavy atom. The van der Waals surface area contributed by atoms with Crippen molar-refractivity contribution in [2.45, 2.75) is 13.0 Å². The summed E-state index contributed by atoms with van der Waals surface area (Å²) in [7, 11) is 3.19. The number of benzene rings is 1. The third-order valence-corrected chi connectivity index (χ3v) is 5.40. The molecule has 0 atom stereocenters. The van der Waals surface area contributed by atoms with Gasteiger partial charge in [-0.15, -0.1) is 0 Å². The van der Waals surface area contributed by atoms with Gasteiger partial charge in [-0.2, -0.15) is 0 Å². The molecule has 0 saturated carbocycles. The van der Waals surface area contributed by atoms with Gasteiger partial charge in [-0.25, -0.2) is 0 Å². The molecule has 0 amide bonds. The molecule has 150 valence electrons. The standard InChI is InChI=1S/C20H25ClN4O2S/c1-26-18-13-17(19(27-2)12-16(18)21)23-20(28)25-9-3-8-24(10-11-25)14-15-4-6-22-7-5-15/h4-7,12-13H,3,8-11,14H2,1-2H3,(H,23,28). The van der Waals surface area contributed by atoms with Crippen LogP contribution in [0.5, 0.6) is 11.5 Å². The van der Waals surface area contributed by atoms with Crippen molar-refractivity contribution in [3.8, 4) is 11.5 Å². The smallest absolute Gasteiger partial charge is 0.173 e. The Kier molecular flexibility index (Phi) is 7.30. The summed E-state index contributed by atoms with van der Waals surface area (Å²) in [5.74, 6) is 1.20. The van der Waals surface area contributed by atoms with Gasteiger partial charge in [0.1, 0.15) is 11.5 Å². The predicted octanol–water partition coefficient (Wildman–Crippen LogP) is 3.66. The van der Waals surface area contributed by atoms with Crippen molar-refractivity contribution < 1.29 is 9.47 Å². The summed E-state index contributed by atoms with van der Waals surface area (Å²) in [6.07, 6.45) is 4.73. The monoisotopic (exact) mass is 420 g/mol. The summed E-state index contributed by atoms with van der Waals surface area (Å²) >= 11 is 11.8. The molecular weight excluding hydrogens is 396 g/mol. The molecule has 2 heterocycles. The zero-order valence-electron chi connectivity index (χ0n) is 16.2. The van der Waals surface area contributed by atoms with Gasteiger partial charge in [0, 0.05) is 57.3 Å². The number of hydrogen-bond acceptors (Lipinski definition) is 5. The van der Waals surface area contributed by atoms with E-state index in [4.69, 9.17) is 33.3 Å². The quantitative estimate of drug-likeness (QED) is 0.740. The molecule has 1 aromatic heterocycles. The first kappa shape index (κ1) is 20.6. The summed E-state index contributed by atoms with van der Waals surface area (Å²) < 4.78 is 10.7. The molecule has 3 rings (SSSR count). The fourth-order valence-electron chi connectivity index (χ4n) is 3.23. The normalized spacial score (nSPS) is 15.0. The van der Waals surface area contributed by atoms with Gasteiger partial charge >= 0.3 is 0 Å². The Morgan fingerprint density at radius 1 is 1.11 bits per heavy atom. The summed E-state index contributed by atoms with van der Waals surface area (Å²) in [5, 5.41) is 4.46. The summed E-state index contributed by atoms with van der Waals surface area (Å²) in [5.41, 5.74) is 2.02. The number of aromatic nitrogens is 1. The topological polar surface area (TPSA) is 49.9 Å². The lowest BCUT2D eigenvalue weighted by Gasteiger charge is -2.25. The van der Waals surface area contributed by atoms with Crippen molar-refractivity contribution in [2.75, 3.05) is 45.7 Å².